The van der Waals surface area contributed by atoms with Gasteiger partial charge in [-0.15, -0.1) is 0 Å². The number of anilines is 3. The molecule has 2 aromatic carbocycles. The van der Waals surface area contributed by atoms with E-state index in [1.54, 1.807) is 4.90 Å². The van der Waals surface area contributed by atoms with E-state index in [1.165, 1.54) is 5.69 Å². The highest BCUT2D eigenvalue weighted by atomic mass is 16.2. The van der Waals surface area contributed by atoms with Crippen LogP contribution in [0.1, 0.15) is 26.3 Å². The second-order valence-electron chi connectivity index (χ2n) is 6.00. The number of nitrogens with one attached hydrogen (secondary N) is 1. The molecule has 4 heteroatoms. The zero-order chi connectivity index (χ0) is 18.2. The average molecular weight is 339 g/mol. The summed E-state index contributed by atoms with van der Waals surface area (Å²) in [5.74, 6) is 0.0703. The maximum Gasteiger partial charge on any atom is 0.246 e. The molecule has 134 valence electrons. The summed E-state index contributed by atoms with van der Waals surface area (Å²) in [7, 11) is 0. The number of carbonyl (C=O) groups excluding carboxylic acids is 1. The Balaban J connectivity index is 2.04. The quantitative estimate of drug-likeness (QED) is 0.778. The first-order chi connectivity index (χ1) is 12.1. The summed E-state index contributed by atoms with van der Waals surface area (Å²) < 4.78 is 0. The van der Waals surface area contributed by atoms with Gasteiger partial charge in [0.15, 0.2) is 0 Å². The van der Waals surface area contributed by atoms with Gasteiger partial charge in [-0.25, -0.2) is 0 Å². The van der Waals surface area contributed by atoms with Crippen LogP contribution in [0.25, 0.3) is 0 Å². The predicted molar refractivity (Wildman–Crippen MR) is 108 cm³/mol. The van der Waals surface area contributed by atoms with Gasteiger partial charge < -0.3 is 15.1 Å². The van der Waals surface area contributed by atoms with Gasteiger partial charge in [0.1, 0.15) is 0 Å². The molecule has 0 fully saturated rings. The number of aryl methyl sites for hydroxylation is 1. The van der Waals surface area contributed by atoms with Crippen LogP contribution in [0.3, 0.4) is 0 Å². The van der Waals surface area contributed by atoms with Crippen molar-refractivity contribution in [2.24, 2.45) is 0 Å². The molecule has 25 heavy (non-hydrogen) atoms. The first-order valence-corrected chi connectivity index (χ1v) is 9.05. The van der Waals surface area contributed by atoms with Gasteiger partial charge in [0, 0.05) is 36.7 Å². The van der Waals surface area contributed by atoms with Gasteiger partial charge in [-0.3, -0.25) is 4.79 Å². The molecule has 2 aromatic rings. The van der Waals surface area contributed by atoms with Crippen LogP contribution in [0.15, 0.2) is 48.5 Å². The van der Waals surface area contributed by atoms with Crippen LogP contribution in [-0.2, 0) is 4.79 Å². The van der Waals surface area contributed by atoms with Crippen molar-refractivity contribution in [3.8, 4) is 0 Å². The summed E-state index contributed by atoms with van der Waals surface area (Å²) in [4.78, 5) is 16.7. The molecule has 0 aliphatic heterocycles. The third kappa shape index (κ3) is 4.75. The Hall–Kier alpha value is -2.49. The van der Waals surface area contributed by atoms with Crippen LogP contribution in [0.5, 0.6) is 0 Å². The first kappa shape index (κ1) is 18.8. The van der Waals surface area contributed by atoms with Crippen molar-refractivity contribution in [3.63, 3.8) is 0 Å². The lowest BCUT2D eigenvalue weighted by Gasteiger charge is -2.23. The van der Waals surface area contributed by atoms with Gasteiger partial charge in [-0.05, 0) is 63.6 Å². The van der Waals surface area contributed by atoms with Crippen molar-refractivity contribution in [1.82, 2.24) is 0 Å². The number of nitrogens with zero attached hydrogens (tertiary/aromatic N) is 2. The molecule has 0 radical (unpaired) electrons. The normalized spacial score (nSPS) is 10.4. The van der Waals surface area contributed by atoms with Crippen molar-refractivity contribution in [2.75, 3.05) is 41.3 Å². The fraction of sp³-hybridized carbons (Fsp3) is 0.381. The van der Waals surface area contributed by atoms with Gasteiger partial charge in [-0.2, -0.15) is 0 Å². The number of hydrogen-bond acceptors (Lipinski definition) is 3. The molecule has 0 aliphatic carbocycles. The third-order valence-electron chi connectivity index (χ3n) is 4.45. The van der Waals surface area contributed by atoms with Crippen LogP contribution in [0, 0.1) is 6.92 Å². The van der Waals surface area contributed by atoms with Crippen molar-refractivity contribution in [2.45, 2.75) is 27.7 Å². The topological polar surface area (TPSA) is 35.6 Å². The summed E-state index contributed by atoms with van der Waals surface area (Å²) in [5.41, 5.74) is 4.32. The van der Waals surface area contributed by atoms with Crippen molar-refractivity contribution in [3.05, 3.63) is 54.1 Å². The molecule has 0 atom stereocenters. The number of carbonyl (C=O) groups is 1. The molecule has 0 bridgehead atoms. The van der Waals surface area contributed by atoms with Gasteiger partial charge in [-0.1, -0.05) is 18.2 Å². The van der Waals surface area contributed by atoms with Crippen LogP contribution >= 0.6 is 0 Å². The van der Waals surface area contributed by atoms with E-state index >= 15 is 0 Å². The highest BCUT2D eigenvalue weighted by Crippen LogP contribution is 2.22. The van der Waals surface area contributed by atoms with Gasteiger partial charge in [0.2, 0.25) is 5.91 Å². The summed E-state index contributed by atoms with van der Waals surface area (Å²) in [5, 5.41) is 3.29. The summed E-state index contributed by atoms with van der Waals surface area (Å²) >= 11 is 0. The Kier molecular flexibility index (Phi) is 6.87. The lowest BCUT2D eigenvalue weighted by molar-refractivity contribution is -0.116. The highest BCUT2D eigenvalue weighted by Gasteiger charge is 2.14. The van der Waals surface area contributed by atoms with Gasteiger partial charge in [0.25, 0.3) is 0 Å². The zero-order valence-corrected chi connectivity index (χ0v) is 15.7. The molecular weight excluding hydrogens is 310 g/mol. The number of hydrogen-bond donors (Lipinski definition) is 1. The SMILES string of the molecule is CCN(CC)c1ccc(NCC(=O)N(CC)c2ccccc2)c(C)c1. The average Bonchev–Trinajstić information content (AvgIpc) is 2.63. The standard InChI is InChI=1S/C21H29N3O/c1-5-23(6-2)19-13-14-20(17(4)15-19)22-16-21(25)24(7-3)18-11-9-8-10-12-18/h8-15,22H,5-7,16H2,1-4H3. The first-order valence-electron chi connectivity index (χ1n) is 9.05. The number of rotatable bonds is 8. The van der Waals surface area contributed by atoms with E-state index in [2.05, 4.69) is 49.2 Å². The minimum absolute atomic E-state index is 0.0703. The van der Waals surface area contributed by atoms with Crippen LogP contribution in [0.2, 0.25) is 0 Å². The largest absolute Gasteiger partial charge is 0.376 e. The summed E-state index contributed by atoms with van der Waals surface area (Å²) in [6.45, 7) is 11.3. The van der Waals surface area contributed by atoms with Gasteiger partial charge >= 0.3 is 0 Å². The van der Waals surface area contributed by atoms with Crippen molar-refractivity contribution in [1.29, 1.82) is 0 Å². The molecule has 0 saturated carbocycles. The maximum absolute atomic E-state index is 12.6. The molecule has 1 amide bonds. The summed E-state index contributed by atoms with van der Waals surface area (Å²) in [6.07, 6.45) is 0. The minimum atomic E-state index is 0.0703. The number of para-hydroxylation sites is 1. The molecular formula is C21H29N3O. The molecule has 0 saturated heterocycles. The second kappa shape index (κ2) is 9.11. The van der Waals surface area contributed by atoms with E-state index in [9.17, 15) is 4.79 Å². The molecule has 0 unspecified atom stereocenters. The smallest absolute Gasteiger partial charge is 0.246 e. The molecule has 0 spiro atoms. The molecule has 2 rings (SSSR count). The Morgan fingerprint density at radius 1 is 0.920 bits per heavy atom. The minimum Gasteiger partial charge on any atom is -0.376 e. The van der Waals surface area contributed by atoms with E-state index in [0.29, 0.717) is 6.54 Å². The maximum atomic E-state index is 12.6. The third-order valence-corrected chi connectivity index (χ3v) is 4.45. The fourth-order valence-electron chi connectivity index (χ4n) is 3.01. The Bertz CT molecular complexity index is 681. The number of amides is 1. The van der Waals surface area contributed by atoms with Crippen molar-refractivity contribution < 1.29 is 4.79 Å². The van der Waals surface area contributed by atoms with Crippen molar-refractivity contribution >= 4 is 23.0 Å². The van der Waals surface area contributed by atoms with Crippen LogP contribution in [-0.4, -0.2) is 32.1 Å². The lowest BCUT2D eigenvalue weighted by atomic mass is 10.1. The Morgan fingerprint density at radius 3 is 2.16 bits per heavy atom. The molecule has 1 N–H and O–H groups in total. The molecule has 0 heterocycles. The number of benzene rings is 2. The molecule has 4 nitrogen and oxygen atoms in total. The zero-order valence-electron chi connectivity index (χ0n) is 15.7. The lowest BCUT2D eigenvalue weighted by Crippen LogP contribution is -2.35. The van der Waals surface area contributed by atoms with E-state index in [1.807, 2.05) is 37.3 Å². The number of likely N-dealkylation sites (N-methyl/N-ethyl adjacent to an activating group) is 1. The predicted octanol–water partition coefficient (Wildman–Crippen LogP) is 4.31. The highest BCUT2D eigenvalue weighted by molar-refractivity contribution is 5.96. The van der Waals surface area contributed by atoms with E-state index in [4.69, 9.17) is 0 Å². The van der Waals surface area contributed by atoms with Crippen LogP contribution < -0.4 is 15.1 Å². The van der Waals surface area contributed by atoms with Crippen LogP contribution in [0.4, 0.5) is 17.1 Å². The monoisotopic (exact) mass is 339 g/mol. The fourth-order valence-corrected chi connectivity index (χ4v) is 3.01. The molecule has 0 aliphatic rings. The van der Waals surface area contributed by atoms with E-state index in [-0.39, 0.29) is 12.5 Å². The molecule has 0 aromatic heterocycles. The second-order valence-corrected chi connectivity index (χ2v) is 6.00. The Labute approximate surface area is 151 Å². The van der Waals surface area contributed by atoms with Gasteiger partial charge in [0.05, 0.1) is 6.54 Å². The summed E-state index contributed by atoms with van der Waals surface area (Å²) in [6, 6.07) is 16.1. The Morgan fingerprint density at radius 2 is 1.60 bits per heavy atom. The van der Waals surface area contributed by atoms with E-state index in [0.717, 1.165) is 30.0 Å². The van der Waals surface area contributed by atoms with E-state index < -0.39 is 0 Å².